The number of aromatic nitrogens is 2. The zero-order valence-electron chi connectivity index (χ0n) is 7.64. The van der Waals surface area contributed by atoms with Crippen molar-refractivity contribution < 1.29 is 5.11 Å². The Kier molecular flexibility index (Phi) is 1.39. The van der Waals surface area contributed by atoms with Crippen molar-refractivity contribution in [1.29, 1.82) is 0 Å². The van der Waals surface area contributed by atoms with E-state index < -0.39 is 0 Å². The van der Waals surface area contributed by atoms with Crippen LogP contribution in [0, 0.1) is 0 Å². The SMILES string of the molecule is NC1CCn2c1nc1c(O)cccc12. The summed E-state index contributed by atoms with van der Waals surface area (Å²) in [7, 11) is 0. The summed E-state index contributed by atoms with van der Waals surface area (Å²) in [6.45, 7) is 0.899. The molecule has 0 radical (unpaired) electrons. The average Bonchev–Trinajstić information content (AvgIpc) is 2.69. The van der Waals surface area contributed by atoms with Gasteiger partial charge < -0.3 is 15.4 Å². The first-order chi connectivity index (χ1) is 6.77. The number of hydrogen-bond donors (Lipinski definition) is 2. The zero-order chi connectivity index (χ0) is 9.71. The zero-order valence-corrected chi connectivity index (χ0v) is 7.64. The number of benzene rings is 1. The second kappa shape index (κ2) is 2.48. The maximum Gasteiger partial charge on any atom is 0.143 e. The molecule has 1 aliphatic heterocycles. The smallest absolute Gasteiger partial charge is 0.143 e. The van der Waals surface area contributed by atoms with Gasteiger partial charge in [-0.15, -0.1) is 0 Å². The van der Waals surface area contributed by atoms with Crippen molar-refractivity contribution in [1.82, 2.24) is 9.55 Å². The number of para-hydroxylation sites is 1. The number of nitrogens with zero attached hydrogens (tertiary/aromatic N) is 2. The standard InChI is InChI=1S/C10H11N3O/c11-6-4-5-13-7-2-1-3-8(14)9(7)12-10(6)13/h1-3,6,14H,4-5,11H2. The summed E-state index contributed by atoms with van der Waals surface area (Å²) in [5.74, 6) is 1.12. The fourth-order valence-electron chi connectivity index (χ4n) is 2.07. The van der Waals surface area contributed by atoms with Gasteiger partial charge in [0, 0.05) is 6.54 Å². The van der Waals surface area contributed by atoms with E-state index in [2.05, 4.69) is 9.55 Å². The van der Waals surface area contributed by atoms with Gasteiger partial charge in [0.2, 0.25) is 0 Å². The van der Waals surface area contributed by atoms with Crippen molar-refractivity contribution in [3.8, 4) is 5.75 Å². The third kappa shape index (κ3) is 0.834. The highest BCUT2D eigenvalue weighted by Crippen LogP contribution is 2.31. The average molecular weight is 189 g/mol. The first-order valence-corrected chi connectivity index (χ1v) is 4.71. The van der Waals surface area contributed by atoms with Crippen LogP contribution in [0.2, 0.25) is 0 Å². The summed E-state index contributed by atoms with van der Waals surface area (Å²) in [4.78, 5) is 4.36. The third-order valence-electron chi connectivity index (χ3n) is 2.78. The van der Waals surface area contributed by atoms with Crippen molar-refractivity contribution in [3.05, 3.63) is 24.0 Å². The third-order valence-corrected chi connectivity index (χ3v) is 2.78. The number of imidazole rings is 1. The molecule has 0 fully saturated rings. The van der Waals surface area contributed by atoms with Crippen LogP contribution in [0.1, 0.15) is 18.3 Å². The molecule has 0 aliphatic carbocycles. The fourth-order valence-corrected chi connectivity index (χ4v) is 2.07. The summed E-state index contributed by atoms with van der Waals surface area (Å²) >= 11 is 0. The summed E-state index contributed by atoms with van der Waals surface area (Å²) in [6, 6.07) is 5.46. The Labute approximate surface area is 81.0 Å². The number of phenols is 1. The quantitative estimate of drug-likeness (QED) is 0.653. The van der Waals surface area contributed by atoms with Crippen molar-refractivity contribution in [3.63, 3.8) is 0 Å². The second-order valence-corrected chi connectivity index (χ2v) is 3.66. The number of phenolic OH excluding ortho intramolecular Hbond substituents is 1. The van der Waals surface area contributed by atoms with Crippen LogP contribution in [0.15, 0.2) is 18.2 Å². The number of fused-ring (bicyclic) bond motifs is 3. The lowest BCUT2D eigenvalue weighted by Gasteiger charge is -1.97. The van der Waals surface area contributed by atoms with E-state index in [9.17, 15) is 5.11 Å². The van der Waals surface area contributed by atoms with E-state index in [4.69, 9.17) is 5.73 Å². The molecule has 4 nitrogen and oxygen atoms in total. The lowest BCUT2D eigenvalue weighted by Crippen LogP contribution is -2.06. The molecule has 14 heavy (non-hydrogen) atoms. The summed E-state index contributed by atoms with van der Waals surface area (Å²) in [5.41, 5.74) is 7.54. The molecule has 1 unspecified atom stereocenters. The number of nitrogens with two attached hydrogens (primary N) is 1. The summed E-state index contributed by atoms with van der Waals surface area (Å²) < 4.78 is 2.08. The molecular weight excluding hydrogens is 178 g/mol. The van der Waals surface area contributed by atoms with Crippen molar-refractivity contribution in [2.75, 3.05) is 0 Å². The van der Waals surface area contributed by atoms with Gasteiger partial charge in [-0.1, -0.05) is 6.07 Å². The number of rotatable bonds is 0. The van der Waals surface area contributed by atoms with Gasteiger partial charge in [0.05, 0.1) is 11.6 Å². The Morgan fingerprint density at radius 1 is 1.50 bits per heavy atom. The molecule has 2 aromatic rings. The van der Waals surface area contributed by atoms with Gasteiger partial charge in [-0.3, -0.25) is 0 Å². The lowest BCUT2D eigenvalue weighted by atomic mass is 10.2. The maximum atomic E-state index is 9.60. The van der Waals surface area contributed by atoms with Crippen LogP contribution in [-0.2, 0) is 6.54 Å². The van der Waals surface area contributed by atoms with Crippen molar-refractivity contribution in [2.24, 2.45) is 5.73 Å². The molecule has 0 saturated heterocycles. The number of aryl methyl sites for hydroxylation is 1. The van der Waals surface area contributed by atoms with Gasteiger partial charge in [-0.2, -0.15) is 0 Å². The molecule has 0 amide bonds. The molecule has 4 heteroatoms. The molecular formula is C10H11N3O. The van der Waals surface area contributed by atoms with Gasteiger partial charge in [-0.05, 0) is 18.6 Å². The first-order valence-electron chi connectivity index (χ1n) is 4.71. The Hall–Kier alpha value is -1.55. The van der Waals surface area contributed by atoms with Crippen LogP contribution >= 0.6 is 0 Å². The Bertz CT molecular complexity index is 503. The number of aromatic hydroxyl groups is 1. The minimum Gasteiger partial charge on any atom is -0.506 e. The molecule has 3 rings (SSSR count). The molecule has 0 saturated carbocycles. The molecule has 1 atom stereocenters. The van der Waals surface area contributed by atoms with E-state index in [0.29, 0.717) is 5.52 Å². The van der Waals surface area contributed by atoms with Crippen LogP contribution < -0.4 is 5.73 Å². The predicted octanol–water partition coefficient (Wildman–Crippen LogP) is 1.15. The van der Waals surface area contributed by atoms with Crippen molar-refractivity contribution in [2.45, 2.75) is 19.0 Å². The topological polar surface area (TPSA) is 64.1 Å². The van der Waals surface area contributed by atoms with E-state index in [1.54, 1.807) is 6.07 Å². The van der Waals surface area contributed by atoms with Gasteiger partial charge >= 0.3 is 0 Å². The van der Waals surface area contributed by atoms with E-state index in [1.165, 1.54) is 0 Å². The predicted molar refractivity (Wildman–Crippen MR) is 52.9 cm³/mol. The van der Waals surface area contributed by atoms with Crippen LogP contribution in [0.5, 0.6) is 5.75 Å². The van der Waals surface area contributed by atoms with Gasteiger partial charge in [0.25, 0.3) is 0 Å². The fraction of sp³-hybridized carbons (Fsp3) is 0.300. The highest BCUT2D eigenvalue weighted by molar-refractivity contribution is 5.82. The highest BCUT2D eigenvalue weighted by Gasteiger charge is 2.23. The molecule has 1 aromatic carbocycles. The van der Waals surface area contributed by atoms with E-state index in [-0.39, 0.29) is 11.8 Å². The summed E-state index contributed by atoms with van der Waals surface area (Å²) in [6.07, 6.45) is 0.938. The monoisotopic (exact) mass is 189 g/mol. The van der Waals surface area contributed by atoms with Gasteiger partial charge in [0.1, 0.15) is 17.1 Å². The van der Waals surface area contributed by atoms with Crippen LogP contribution in [0.4, 0.5) is 0 Å². The minimum absolute atomic E-state index is 0.0156. The van der Waals surface area contributed by atoms with Crippen LogP contribution in [-0.4, -0.2) is 14.7 Å². The Morgan fingerprint density at radius 3 is 3.21 bits per heavy atom. The molecule has 72 valence electrons. The van der Waals surface area contributed by atoms with E-state index in [0.717, 1.165) is 24.3 Å². The van der Waals surface area contributed by atoms with E-state index in [1.807, 2.05) is 12.1 Å². The summed E-state index contributed by atoms with van der Waals surface area (Å²) in [5, 5.41) is 9.60. The van der Waals surface area contributed by atoms with Crippen LogP contribution in [0.3, 0.4) is 0 Å². The molecule has 2 heterocycles. The largest absolute Gasteiger partial charge is 0.506 e. The minimum atomic E-state index is 0.0156. The molecule has 1 aliphatic rings. The first kappa shape index (κ1) is 7.82. The molecule has 0 spiro atoms. The Balaban J connectivity index is 2.40. The molecule has 3 N–H and O–H groups in total. The lowest BCUT2D eigenvalue weighted by molar-refractivity contribution is 0.480. The molecule has 0 bridgehead atoms. The highest BCUT2D eigenvalue weighted by atomic mass is 16.3. The van der Waals surface area contributed by atoms with Gasteiger partial charge in [0.15, 0.2) is 0 Å². The van der Waals surface area contributed by atoms with Crippen LogP contribution in [0.25, 0.3) is 11.0 Å². The Morgan fingerprint density at radius 2 is 2.36 bits per heavy atom. The normalized spacial score (nSPS) is 20.2. The van der Waals surface area contributed by atoms with Gasteiger partial charge in [-0.25, -0.2) is 4.98 Å². The van der Waals surface area contributed by atoms with E-state index >= 15 is 0 Å². The maximum absolute atomic E-state index is 9.60. The van der Waals surface area contributed by atoms with Crippen molar-refractivity contribution >= 4 is 11.0 Å². The number of hydrogen-bond acceptors (Lipinski definition) is 3. The second-order valence-electron chi connectivity index (χ2n) is 3.66. The molecule has 1 aromatic heterocycles.